The van der Waals surface area contributed by atoms with Crippen LogP contribution in [0.25, 0.3) is 0 Å². The number of hydrogen-bond donors (Lipinski definition) is 1. The van der Waals surface area contributed by atoms with Crippen LogP contribution < -0.4 is 5.73 Å². The molecule has 0 aliphatic heterocycles. The number of carbonyl (C=O) groups is 1. The summed E-state index contributed by atoms with van der Waals surface area (Å²) in [5.41, 5.74) is 7.81. The highest BCUT2D eigenvalue weighted by atomic mass is 19.4. The number of primary amides is 1. The Bertz CT molecular complexity index is 747. The maximum atomic E-state index is 12.7. The molecule has 0 aromatic carbocycles. The second-order valence-electron chi connectivity index (χ2n) is 5.52. The van der Waals surface area contributed by atoms with Gasteiger partial charge in [0.25, 0.3) is 0 Å². The molecule has 0 atom stereocenters. The topological polar surface area (TPSA) is 91.6 Å². The Morgan fingerprint density at radius 2 is 1.88 bits per heavy atom. The van der Waals surface area contributed by atoms with Crippen LogP contribution in [0.1, 0.15) is 35.5 Å². The molecule has 2 aromatic heterocycles. The van der Waals surface area contributed by atoms with Gasteiger partial charge in [-0.2, -0.15) is 23.4 Å². The average molecular weight is 344 g/mol. The van der Waals surface area contributed by atoms with E-state index in [4.69, 9.17) is 5.73 Å². The summed E-state index contributed by atoms with van der Waals surface area (Å²) in [5.74, 6) is -0.652. The zero-order valence-electron chi connectivity index (χ0n) is 13.7. The van der Waals surface area contributed by atoms with Gasteiger partial charge in [-0.3, -0.25) is 9.48 Å². The van der Waals surface area contributed by atoms with Gasteiger partial charge in [0.15, 0.2) is 5.82 Å². The van der Waals surface area contributed by atoms with E-state index in [9.17, 15) is 18.0 Å². The molecule has 0 fully saturated rings. The fourth-order valence-corrected chi connectivity index (χ4v) is 2.60. The van der Waals surface area contributed by atoms with Gasteiger partial charge in [0.1, 0.15) is 18.9 Å². The molecule has 0 aliphatic carbocycles. The smallest absolute Gasteiger partial charge is 0.369 e. The highest BCUT2D eigenvalue weighted by Gasteiger charge is 2.30. The molecule has 0 radical (unpaired) electrons. The molecule has 0 aliphatic rings. The van der Waals surface area contributed by atoms with Crippen molar-refractivity contribution in [3.63, 3.8) is 0 Å². The number of halogens is 3. The fraction of sp³-hybridized carbons (Fsp3) is 0.571. The van der Waals surface area contributed by atoms with Crippen molar-refractivity contribution in [2.45, 2.75) is 52.9 Å². The molecule has 0 saturated carbocycles. The number of hydrogen-bond acceptors (Lipinski definition) is 4. The Hall–Kier alpha value is -2.39. The number of nitrogens with two attached hydrogens (primary N) is 1. The number of carbonyl (C=O) groups excluding carboxylic acids is 1. The number of aromatic nitrogens is 5. The highest BCUT2D eigenvalue weighted by Crippen LogP contribution is 2.19. The van der Waals surface area contributed by atoms with Crippen molar-refractivity contribution >= 4 is 5.91 Å². The first-order chi connectivity index (χ1) is 11.1. The van der Waals surface area contributed by atoms with Crippen molar-refractivity contribution in [3.05, 3.63) is 28.6 Å². The Morgan fingerprint density at radius 1 is 1.21 bits per heavy atom. The quantitative estimate of drug-likeness (QED) is 0.855. The molecule has 2 heterocycles. The highest BCUT2D eigenvalue weighted by molar-refractivity contribution is 5.75. The van der Waals surface area contributed by atoms with E-state index in [1.165, 1.54) is 0 Å². The van der Waals surface area contributed by atoms with Gasteiger partial charge in [0.2, 0.25) is 5.91 Å². The van der Waals surface area contributed by atoms with Crippen LogP contribution in [-0.2, 0) is 30.7 Å². The minimum Gasteiger partial charge on any atom is -0.369 e. The number of nitrogens with zero attached hydrogens (tertiary/aromatic N) is 5. The molecule has 0 unspecified atom stereocenters. The van der Waals surface area contributed by atoms with E-state index in [1.807, 2.05) is 20.8 Å². The fourth-order valence-electron chi connectivity index (χ4n) is 2.60. The summed E-state index contributed by atoms with van der Waals surface area (Å²) >= 11 is 0. The van der Waals surface area contributed by atoms with Crippen molar-refractivity contribution in [1.29, 1.82) is 0 Å². The standard InChI is InChI=1S/C14H19F3N6O/c1-4-10-8(2)20-22(9(10)3)6-13-19-12(5-11(18)24)21-23(13)7-14(15,16)17/h4-7H2,1-3H3,(H2,18,24). The van der Waals surface area contributed by atoms with E-state index in [2.05, 4.69) is 15.2 Å². The molecule has 0 saturated heterocycles. The third-order valence-electron chi connectivity index (χ3n) is 3.63. The first-order valence-corrected chi connectivity index (χ1v) is 7.41. The summed E-state index contributed by atoms with van der Waals surface area (Å²) in [4.78, 5) is 15.0. The molecular formula is C14H19F3N6O. The van der Waals surface area contributed by atoms with Gasteiger partial charge in [0.05, 0.1) is 12.1 Å². The predicted octanol–water partition coefficient (Wildman–Crippen LogP) is 1.29. The first kappa shape index (κ1) is 18.0. The monoisotopic (exact) mass is 344 g/mol. The Morgan fingerprint density at radius 3 is 2.38 bits per heavy atom. The zero-order chi connectivity index (χ0) is 18.1. The van der Waals surface area contributed by atoms with Crippen molar-refractivity contribution in [2.24, 2.45) is 5.73 Å². The predicted molar refractivity (Wildman–Crippen MR) is 79.2 cm³/mol. The lowest BCUT2D eigenvalue weighted by Crippen LogP contribution is -2.22. The Kier molecular flexibility index (Phi) is 4.95. The molecule has 10 heteroatoms. The molecule has 2 rings (SSSR count). The summed E-state index contributed by atoms with van der Waals surface area (Å²) in [6.07, 6.45) is -3.98. The van der Waals surface area contributed by atoms with Crippen LogP contribution in [0.4, 0.5) is 13.2 Å². The van der Waals surface area contributed by atoms with Gasteiger partial charge >= 0.3 is 6.18 Å². The first-order valence-electron chi connectivity index (χ1n) is 7.41. The third kappa shape index (κ3) is 4.12. The van der Waals surface area contributed by atoms with E-state index < -0.39 is 18.6 Å². The van der Waals surface area contributed by atoms with Gasteiger partial charge in [-0.25, -0.2) is 9.67 Å². The zero-order valence-corrected chi connectivity index (χ0v) is 13.7. The largest absolute Gasteiger partial charge is 0.408 e. The molecule has 1 amide bonds. The lowest BCUT2D eigenvalue weighted by molar-refractivity contribution is -0.143. The maximum absolute atomic E-state index is 12.7. The Balaban J connectivity index is 2.37. The molecule has 132 valence electrons. The van der Waals surface area contributed by atoms with Gasteiger partial charge in [-0.15, -0.1) is 0 Å². The van der Waals surface area contributed by atoms with Gasteiger partial charge in [-0.05, 0) is 25.8 Å². The number of amides is 1. The molecule has 0 spiro atoms. The van der Waals surface area contributed by atoms with Gasteiger partial charge in [0, 0.05) is 5.69 Å². The Labute approximate surface area is 136 Å². The second-order valence-corrected chi connectivity index (χ2v) is 5.52. The van der Waals surface area contributed by atoms with Crippen LogP contribution >= 0.6 is 0 Å². The minimum atomic E-state index is -4.45. The average Bonchev–Trinajstić information content (AvgIpc) is 2.89. The number of rotatable bonds is 6. The molecule has 0 bridgehead atoms. The molecule has 2 aromatic rings. The number of alkyl halides is 3. The van der Waals surface area contributed by atoms with Gasteiger partial charge < -0.3 is 5.73 Å². The lowest BCUT2D eigenvalue weighted by Gasteiger charge is -2.10. The second kappa shape index (κ2) is 6.62. The van der Waals surface area contributed by atoms with Crippen LogP contribution in [0.15, 0.2) is 0 Å². The van der Waals surface area contributed by atoms with Crippen LogP contribution in [-0.4, -0.2) is 36.6 Å². The molecule has 7 nitrogen and oxygen atoms in total. The maximum Gasteiger partial charge on any atom is 0.408 e. The van der Waals surface area contributed by atoms with E-state index >= 15 is 0 Å². The normalized spacial score (nSPS) is 11.9. The lowest BCUT2D eigenvalue weighted by atomic mass is 10.1. The molecule has 24 heavy (non-hydrogen) atoms. The third-order valence-corrected chi connectivity index (χ3v) is 3.63. The molecular weight excluding hydrogens is 325 g/mol. The van der Waals surface area contributed by atoms with Gasteiger partial charge in [-0.1, -0.05) is 6.92 Å². The van der Waals surface area contributed by atoms with Crippen LogP contribution in [0.5, 0.6) is 0 Å². The summed E-state index contributed by atoms with van der Waals surface area (Å²) in [5, 5.41) is 8.10. The van der Waals surface area contributed by atoms with Crippen molar-refractivity contribution in [3.8, 4) is 0 Å². The van der Waals surface area contributed by atoms with E-state index in [-0.39, 0.29) is 24.6 Å². The van der Waals surface area contributed by atoms with Crippen LogP contribution in [0.2, 0.25) is 0 Å². The summed E-state index contributed by atoms with van der Waals surface area (Å²) < 4.78 is 40.5. The van der Waals surface area contributed by atoms with Crippen LogP contribution in [0, 0.1) is 13.8 Å². The van der Waals surface area contributed by atoms with Crippen molar-refractivity contribution < 1.29 is 18.0 Å². The minimum absolute atomic E-state index is 0.0287. The van der Waals surface area contributed by atoms with E-state index in [1.54, 1.807) is 4.68 Å². The molecule has 2 N–H and O–H groups in total. The van der Waals surface area contributed by atoms with Crippen molar-refractivity contribution in [1.82, 2.24) is 24.5 Å². The SMILES string of the molecule is CCc1c(C)nn(Cc2nc(CC(N)=O)nn2CC(F)(F)F)c1C. The summed E-state index contributed by atoms with van der Waals surface area (Å²) in [6, 6.07) is 0. The van der Waals surface area contributed by atoms with E-state index in [0.29, 0.717) is 0 Å². The summed E-state index contributed by atoms with van der Waals surface area (Å²) in [6.45, 7) is 4.44. The summed E-state index contributed by atoms with van der Waals surface area (Å²) in [7, 11) is 0. The number of aryl methyl sites for hydroxylation is 1. The van der Waals surface area contributed by atoms with E-state index in [0.717, 1.165) is 28.1 Å². The van der Waals surface area contributed by atoms with Crippen LogP contribution in [0.3, 0.4) is 0 Å². The van der Waals surface area contributed by atoms with Crippen molar-refractivity contribution in [2.75, 3.05) is 0 Å².